The summed E-state index contributed by atoms with van der Waals surface area (Å²) in [6, 6.07) is 0. The fourth-order valence-electron chi connectivity index (χ4n) is 3.61. The summed E-state index contributed by atoms with van der Waals surface area (Å²) >= 11 is 0. The van der Waals surface area contributed by atoms with Crippen molar-refractivity contribution in [2.75, 3.05) is 19.8 Å². The van der Waals surface area contributed by atoms with Crippen LogP contribution in [0.25, 0.3) is 0 Å². The monoisotopic (exact) mass is 259 g/mol. The van der Waals surface area contributed by atoms with Crippen molar-refractivity contribution in [1.29, 1.82) is 0 Å². The van der Waals surface area contributed by atoms with Gasteiger partial charge in [-0.2, -0.15) is 0 Å². The highest BCUT2D eigenvalue weighted by molar-refractivity contribution is 6.20. The minimum absolute atomic E-state index is 0.0628. The number of carbonyl (C=O) groups excluding carboxylic acids is 2. The van der Waals surface area contributed by atoms with Crippen LogP contribution in [0, 0.1) is 17.8 Å². The van der Waals surface area contributed by atoms with Crippen molar-refractivity contribution >= 4 is 11.8 Å². The van der Waals surface area contributed by atoms with Gasteiger partial charge in [-0.25, -0.2) is 0 Å². The molecule has 3 atom stereocenters. The van der Waals surface area contributed by atoms with Gasteiger partial charge < -0.3 is 4.74 Å². The number of hydrogen-bond donors (Lipinski definition) is 0. The lowest BCUT2D eigenvalue weighted by atomic mass is 10.00. The maximum atomic E-state index is 12.3. The molecule has 2 amide bonds. The van der Waals surface area contributed by atoms with Crippen LogP contribution >= 0.6 is 0 Å². The summed E-state index contributed by atoms with van der Waals surface area (Å²) in [6.07, 6.45) is 6.57. The van der Waals surface area contributed by atoms with Crippen LogP contribution in [0.4, 0.5) is 0 Å². The molecule has 0 N–H and O–H groups in total. The highest BCUT2D eigenvalue weighted by atomic mass is 16.5. The Labute approximate surface area is 112 Å². The fourth-order valence-corrected chi connectivity index (χ4v) is 3.61. The van der Waals surface area contributed by atoms with Crippen molar-refractivity contribution in [3.8, 4) is 0 Å². The molecule has 2 aliphatic carbocycles. The van der Waals surface area contributed by atoms with Crippen LogP contribution in [0.15, 0.2) is 23.3 Å². The average molecular weight is 259 g/mol. The van der Waals surface area contributed by atoms with E-state index in [9.17, 15) is 9.59 Å². The zero-order valence-electron chi connectivity index (χ0n) is 10.8. The first-order valence-corrected chi connectivity index (χ1v) is 7.09. The number of fused-ring (bicyclic) bond motifs is 1. The van der Waals surface area contributed by atoms with E-state index in [2.05, 4.69) is 0 Å². The first-order chi connectivity index (χ1) is 9.25. The van der Waals surface area contributed by atoms with Crippen LogP contribution in [0.2, 0.25) is 0 Å². The first-order valence-electron chi connectivity index (χ1n) is 7.09. The summed E-state index contributed by atoms with van der Waals surface area (Å²) in [6.45, 7) is 2.10. The summed E-state index contributed by atoms with van der Waals surface area (Å²) in [4.78, 5) is 26.1. The van der Waals surface area contributed by atoms with Gasteiger partial charge in [0.15, 0.2) is 0 Å². The molecule has 2 heterocycles. The molecular weight excluding hydrogens is 242 g/mol. The van der Waals surface area contributed by atoms with E-state index in [1.165, 1.54) is 11.3 Å². The second-order valence-electron chi connectivity index (χ2n) is 6.01. The second kappa shape index (κ2) is 4.04. The fraction of sp³-hybridized carbons (Fsp3) is 0.600. The summed E-state index contributed by atoms with van der Waals surface area (Å²) in [5.41, 5.74) is 1.34. The number of rotatable bonds is 2. The molecule has 0 aromatic carbocycles. The van der Waals surface area contributed by atoms with E-state index in [4.69, 9.17) is 4.74 Å². The van der Waals surface area contributed by atoms with Crippen molar-refractivity contribution in [2.45, 2.75) is 19.3 Å². The number of amides is 2. The molecule has 0 aromatic heterocycles. The predicted molar refractivity (Wildman–Crippen MR) is 68.0 cm³/mol. The number of nitrogens with zero attached hydrogens (tertiary/aromatic N) is 1. The van der Waals surface area contributed by atoms with Gasteiger partial charge in [-0.1, -0.05) is 12.2 Å². The number of hydrogen-bond acceptors (Lipinski definition) is 3. The molecule has 4 aliphatic rings. The highest BCUT2D eigenvalue weighted by Gasteiger charge is 2.48. The molecule has 0 radical (unpaired) electrons. The molecule has 0 spiro atoms. The van der Waals surface area contributed by atoms with Gasteiger partial charge in [-0.05, 0) is 31.1 Å². The third-order valence-corrected chi connectivity index (χ3v) is 4.81. The SMILES string of the molecule is O=C1C2=C(CCC=C2)C(=O)N1CC1COCC2CC21. The molecule has 100 valence electrons. The van der Waals surface area contributed by atoms with Gasteiger partial charge >= 0.3 is 0 Å². The standard InChI is InChI=1S/C15H17NO3/c17-14-11-3-1-2-4-12(11)15(18)16(14)6-10-8-19-7-9-5-13(9)10/h1,3,9-10,13H,2,4-8H2. The number of imide groups is 1. The smallest absolute Gasteiger partial charge is 0.261 e. The van der Waals surface area contributed by atoms with E-state index in [1.54, 1.807) is 0 Å². The molecule has 0 bridgehead atoms. The lowest BCUT2D eigenvalue weighted by Crippen LogP contribution is -2.39. The lowest BCUT2D eigenvalue weighted by molar-refractivity contribution is -0.139. The van der Waals surface area contributed by atoms with Crippen molar-refractivity contribution in [3.05, 3.63) is 23.3 Å². The molecule has 19 heavy (non-hydrogen) atoms. The Morgan fingerprint density at radius 3 is 3.00 bits per heavy atom. The number of carbonyl (C=O) groups is 2. The largest absolute Gasteiger partial charge is 0.381 e. The molecule has 4 rings (SSSR count). The molecular formula is C15H17NO3. The van der Waals surface area contributed by atoms with E-state index in [0.717, 1.165) is 18.6 Å². The quantitative estimate of drug-likeness (QED) is 0.702. The molecule has 1 saturated carbocycles. The normalized spacial score (nSPS) is 36.6. The summed E-state index contributed by atoms with van der Waals surface area (Å²) in [5, 5.41) is 0. The molecule has 1 saturated heterocycles. The van der Waals surface area contributed by atoms with Crippen molar-refractivity contribution < 1.29 is 14.3 Å². The van der Waals surface area contributed by atoms with Crippen LogP contribution in [0.3, 0.4) is 0 Å². The van der Waals surface area contributed by atoms with Crippen LogP contribution in [-0.4, -0.2) is 36.5 Å². The Hall–Kier alpha value is -1.42. The summed E-state index contributed by atoms with van der Waals surface area (Å²) in [5.74, 6) is 1.53. The van der Waals surface area contributed by atoms with E-state index in [0.29, 0.717) is 42.9 Å². The van der Waals surface area contributed by atoms with Gasteiger partial charge in [0, 0.05) is 30.2 Å². The second-order valence-corrected chi connectivity index (χ2v) is 6.01. The van der Waals surface area contributed by atoms with Gasteiger partial charge in [0.25, 0.3) is 11.8 Å². The third-order valence-electron chi connectivity index (χ3n) is 4.81. The van der Waals surface area contributed by atoms with Gasteiger partial charge in [-0.15, -0.1) is 0 Å². The maximum Gasteiger partial charge on any atom is 0.261 e. The van der Waals surface area contributed by atoms with Crippen molar-refractivity contribution in [2.24, 2.45) is 17.8 Å². The average Bonchev–Trinajstić information content (AvgIpc) is 3.19. The minimum Gasteiger partial charge on any atom is -0.381 e. The minimum atomic E-state index is -0.0984. The molecule has 0 aromatic rings. The van der Waals surface area contributed by atoms with E-state index >= 15 is 0 Å². The Balaban J connectivity index is 1.52. The lowest BCUT2D eigenvalue weighted by Gasteiger charge is -2.26. The summed E-state index contributed by atoms with van der Waals surface area (Å²) < 4.78 is 5.56. The first kappa shape index (κ1) is 11.4. The number of allylic oxidation sites excluding steroid dienone is 1. The van der Waals surface area contributed by atoms with Crippen LogP contribution in [0.5, 0.6) is 0 Å². The predicted octanol–water partition coefficient (Wildman–Crippen LogP) is 1.28. The van der Waals surface area contributed by atoms with Crippen LogP contribution in [-0.2, 0) is 14.3 Å². The van der Waals surface area contributed by atoms with Crippen molar-refractivity contribution in [3.63, 3.8) is 0 Å². The Kier molecular flexibility index (Phi) is 2.42. The molecule has 2 fully saturated rings. The zero-order valence-corrected chi connectivity index (χ0v) is 10.8. The number of ether oxygens (including phenoxy) is 1. The Morgan fingerprint density at radius 1 is 1.26 bits per heavy atom. The van der Waals surface area contributed by atoms with Crippen LogP contribution < -0.4 is 0 Å². The van der Waals surface area contributed by atoms with Gasteiger partial charge in [0.2, 0.25) is 0 Å². The Morgan fingerprint density at radius 2 is 2.16 bits per heavy atom. The molecule has 3 unspecified atom stereocenters. The third kappa shape index (κ3) is 1.70. The van der Waals surface area contributed by atoms with E-state index < -0.39 is 0 Å². The topological polar surface area (TPSA) is 46.6 Å². The van der Waals surface area contributed by atoms with Gasteiger partial charge in [0.05, 0.1) is 6.61 Å². The molecule has 2 aliphatic heterocycles. The Bertz CT molecular complexity index is 519. The molecule has 4 heteroatoms. The van der Waals surface area contributed by atoms with E-state index in [1.807, 2.05) is 12.2 Å². The van der Waals surface area contributed by atoms with Gasteiger partial charge in [0.1, 0.15) is 0 Å². The highest BCUT2D eigenvalue weighted by Crippen LogP contribution is 2.48. The van der Waals surface area contributed by atoms with E-state index in [-0.39, 0.29) is 11.8 Å². The zero-order chi connectivity index (χ0) is 13.0. The van der Waals surface area contributed by atoms with Crippen molar-refractivity contribution in [1.82, 2.24) is 4.90 Å². The summed E-state index contributed by atoms with van der Waals surface area (Å²) in [7, 11) is 0. The van der Waals surface area contributed by atoms with Gasteiger partial charge in [-0.3, -0.25) is 14.5 Å². The maximum absolute atomic E-state index is 12.3. The van der Waals surface area contributed by atoms with Crippen LogP contribution in [0.1, 0.15) is 19.3 Å². The molecule has 4 nitrogen and oxygen atoms in total.